The molecule has 9 aromatic rings. The minimum Gasteiger partial charge on any atom is -0.455 e. The predicted octanol–water partition coefficient (Wildman–Crippen LogP) is 12.2. The van der Waals surface area contributed by atoms with Gasteiger partial charge < -0.3 is 4.42 Å². The molecule has 0 bridgehead atoms. The minimum atomic E-state index is 0.453. The van der Waals surface area contributed by atoms with Gasteiger partial charge >= 0.3 is 0 Å². The van der Waals surface area contributed by atoms with Gasteiger partial charge in [-0.1, -0.05) is 158 Å². The number of aromatic nitrogens is 2. The molecule has 0 aliphatic rings. The van der Waals surface area contributed by atoms with Gasteiger partial charge in [-0.3, -0.25) is 0 Å². The van der Waals surface area contributed by atoms with Crippen molar-refractivity contribution in [1.29, 1.82) is 5.26 Å². The number of fused-ring (bicyclic) bond motifs is 3. The van der Waals surface area contributed by atoms with Gasteiger partial charge in [-0.05, 0) is 46.0 Å². The van der Waals surface area contributed by atoms with E-state index in [1.54, 1.807) is 0 Å². The Morgan fingerprint density at radius 2 is 0.882 bits per heavy atom. The summed E-state index contributed by atoms with van der Waals surface area (Å²) in [5.41, 5.74) is 12.5. The third kappa shape index (κ3) is 5.44. The van der Waals surface area contributed by atoms with E-state index in [-0.39, 0.29) is 0 Å². The molecular weight excluding hydrogens is 623 g/mol. The molecule has 0 radical (unpaired) electrons. The summed E-state index contributed by atoms with van der Waals surface area (Å²) >= 11 is 0. The molecule has 0 amide bonds. The van der Waals surface area contributed by atoms with Crippen LogP contribution in [0, 0.1) is 11.3 Å². The average Bonchev–Trinajstić information content (AvgIpc) is 3.60. The normalized spacial score (nSPS) is 11.1. The molecule has 0 spiro atoms. The molecular formula is C47H29N3O. The number of nitrogens with zero attached hydrogens (tertiary/aromatic N) is 3. The molecule has 0 atom stereocenters. The number of benzene rings is 7. The van der Waals surface area contributed by atoms with Crippen LogP contribution < -0.4 is 0 Å². The first kappa shape index (κ1) is 30.0. The Bertz CT molecular complexity index is 2700. The Labute approximate surface area is 295 Å². The third-order valence-electron chi connectivity index (χ3n) is 9.37. The second-order valence-electron chi connectivity index (χ2n) is 12.5. The van der Waals surface area contributed by atoms with Crippen LogP contribution in [0.15, 0.2) is 180 Å². The molecule has 238 valence electrons. The average molecular weight is 652 g/mol. The number of rotatable bonds is 6. The second kappa shape index (κ2) is 12.7. The lowest BCUT2D eigenvalue weighted by Gasteiger charge is -2.15. The zero-order chi connectivity index (χ0) is 34.1. The maximum Gasteiger partial charge on any atom is 0.161 e. The van der Waals surface area contributed by atoms with Crippen LogP contribution in [-0.4, -0.2) is 9.97 Å². The summed E-state index contributed by atoms with van der Waals surface area (Å²) in [4.78, 5) is 10.2. The lowest BCUT2D eigenvalue weighted by atomic mass is 9.93. The van der Waals surface area contributed by atoms with Crippen molar-refractivity contribution in [3.8, 4) is 73.4 Å². The van der Waals surface area contributed by atoms with E-state index in [9.17, 15) is 5.26 Å². The minimum absolute atomic E-state index is 0.453. The van der Waals surface area contributed by atoms with Gasteiger partial charge in [0.2, 0.25) is 0 Å². The van der Waals surface area contributed by atoms with E-state index >= 15 is 0 Å². The van der Waals surface area contributed by atoms with Gasteiger partial charge in [-0.2, -0.15) is 5.26 Å². The maximum absolute atomic E-state index is 10.4. The molecule has 0 aliphatic heterocycles. The Morgan fingerprint density at radius 3 is 1.53 bits per heavy atom. The van der Waals surface area contributed by atoms with E-state index in [0.717, 1.165) is 72.0 Å². The first-order valence-electron chi connectivity index (χ1n) is 16.9. The zero-order valence-electron chi connectivity index (χ0n) is 27.5. The van der Waals surface area contributed by atoms with Crippen molar-refractivity contribution in [3.05, 3.63) is 181 Å². The van der Waals surface area contributed by atoms with E-state index in [2.05, 4.69) is 91.0 Å². The molecule has 0 unspecified atom stereocenters. The topological polar surface area (TPSA) is 62.7 Å². The number of hydrogen-bond donors (Lipinski definition) is 0. The summed E-state index contributed by atoms with van der Waals surface area (Å²) in [6.07, 6.45) is 0. The molecule has 0 fully saturated rings. The standard InChI is InChI=1S/C47H29N3O/c48-30-42-44(31-14-3-1-4-15-31)49-47(50-45(42)32-16-5-2-6-17-32)41-24-8-7-22-37(41)35-20-11-18-33(28-35)34-19-12-21-36(29-34)38-25-13-26-40-39-23-9-10-27-43(39)51-46(38)40/h1-29H. The summed E-state index contributed by atoms with van der Waals surface area (Å²) in [5, 5.41) is 12.6. The second-order valence-corrected chi connectivity index (χ2v) is 12.5. The molecule has 0 aliphatic carbocycles. The fourth-order valence-electron chi connectivity index (χ4n) is 6.93. The summed E-state index contributed by atoms with van der Waals surface area (Å²) in [6, 6.07) is 62.1. The molecule has 0 saturated heterocycles. The van der Waals surface area contributed by atoms with Crippen molar-refractivity contribution in [2.24, 2.45) is 0 Å². The maximum atomic E-state index is 10.4. The van der Waals surface area contributed by atoms with Crippen LogP contribution in [0.2, 0.25) is 0 Å². The van der Waals surface area contributed by atoms with Crippen molar-refractivity contribution in [2.75, 3.05) is 0 Å². The van der Waals surface area contributed by atoms with Gasteiger partial charge in [0.05, 0.1) is 11.4 Å². The van der Waals surface area contributed by atoms with E-state index in [0.29, 0.717) is 22.8 Å². The Balaban J connectivity index is 1.16. The summed E-state index contributed by atoms with van der Waals surface area (Å²) in [7, 11) is 0. The van der Waals surface area contributed by atoms with Gasteiger partial charge in [-0.25, -0.2) is 9.97 Å². The third-order valence-corrected chi connectivity index (χ3v) is 9.37. The highest BCUT2D eigenvalue weighted by molar-refractivity contribution is 6.09. The summed E-state index contributed by atoms with van der Waals surface area (Å²) < 4.78 is 6.37. The zero-order valence-corrected chi connectivity index (χ0v) is 27.5. The first-order chi connectivity index (χ1) is 25.2. The highest BCUT2D eigenvalue weighted by Gasteiger charge is 2.20. The predicted molar refractivity (Wildman–Crippen MR) is 207 cm³/mol. The highest BCUT2D eigenvalue weighted by Crippen LogP contribution is 2.39. The van der Waals surface area contributed by atoms with Gasteiger partial charge in [0.15, 0.2) is 5.82 Å². The van der Waals surface area contributed by atoms with Gasteiger partial charge in [-0.15, -0.1) is 0 Å². The smallest absolute Gasteiger partial charge is 0.161 e. The van der Waals surface area contributed by atoms with Crippen LogP contribution in [0.3, 0.4) is 0 Å². The van der Waals surface area contributed by atoms with Crippen LogP contribution in [0.4, 0.5) is 0 Å². The summed E-state index contributed by atoms with van der Waals surface area (Å²) in [6.45, 7) is 0. The monoisotopic (exact) mass is 651 g/mol. The van der Waals surface area contributed by atoms with Crippen molar-refractivity contribution >= 4 is 21.9 Å². The Kier molecular flexibility index (Phi) is 7.50. The van der Waals surface area contributed by atoms with E-state index in [1.165, 1.54) is 0 Å². The molecule has 0 saturated carbocycles. The summed E-state index contributed by atoms with van der Waals surface area (Å²) in [5.74, 6) is 0.564. The quantitative estimate of drug-likeness (QED) is 0.179. The van der Waals surface area contributed by atoms with Crippen molar-refractivity contribution in [2.45, 2.75) is 0 Å². The first-order valence-corrected chi connectivity index (χ1v) is 16.9. The molecule has 51 heavy (non-hydrogen) atoms. The van der Waals surface area contributed by atoms with Crippen LogP contribution in [-0.2, 0) is 0 Å². The molecule has 4 heteroatoms. The molecule has 9 rings (SSSR count). The van der Waals surface area contributed by atoms with E-state index < -0.39 is 0 Å². The molecule has 2 heterocycles. The lowest BCUT2D eigenvalue weighted by Crippen LogP contribution is -2.01. The van der Waals surface area contributed by atoms with Crippen LogP contribution >= 0.6 is 0 Å². The number of para-hydroxylation sites is 2. The van der Waals surface area contributed by atoms with Gasteiger partial charge in [0.1, 0.15) is 22.8 Å². The molecule has 2 aromatic heterocycles. The SMILES string of the molecule is N#Cc1c(-c2ccccc2)nc(-c2ccccc2-c2cccc(-c3cccc(-c4cccc5c4oc4ccccc45)c3)c2)nc1-c1ccccc1. The number of hydrogen-bond acceptors (Lipinski definition) is 4. The number of furan rings is 1. The molecule has 7 aromatic carbocycles. The molecule has 4 nitrogen and oxygen atoms in total. The van der Waals surface area contributed by atoms with Crippen molar-refractivity contribution in [1.82, 2.24) is 9.97 Å². The van der Waals surface area contributed by atoms with Crippen LogP contribution in [0.25, 0.3) is 89.2 Å². The molecule has 0 N–H and O–H groups in total. The Hall–Kier alpha value is -7.09. The number of nitriles is 1. The van der Waals surface area contributed by atoms with Gasteiger partial charge in [0.25, 0.3) is 0 Å². The highest BCUT2D eigenvalue weighted by atomic mass is 16.3. The van der Waals surface area contributed by atoms with Gasteiger partial charge in [0, 0.05) is 33.0 Å². The Morgan fingerprint density at radius 1 is 0.412 bits per heavy atom. The fourth-order valence-corrected chi connectivity index (χ4v) is 6.93. The van der Waals surface area contributed by atoms with Crippen LogP contribution in [0.1, 0.15) is 5.56 Å². The fraction of sp³-hybridized carbons (Fsp3) is 0. The van der Waals surface area contributed by atoms with Crippen LogP contribution in [0.5, 0.6) is 0 Å². The van der Waals surface area contributed by atoms with E-state index in [1.807, 2.05) is 91.0 Å². The van der Waals surface area contributed by atoms with Crippen molar-refractivity contribution < 1.29 is 4.42 Å². The largest absolute Gasteiger partial charge is 0.455 e. The van der Waals surface area contributed by atoms with Crippen molar-refractivity contribution in [3.63, 3.8) is 0 Å². The lowest BCUT2D eigenvalue weighted by molar-refractivity contribution is 0.670. The van der Waals surface area contributed by atoms with E-state index in [4.69, 9.17) is 14.4 Å².